The van der Waals surface area contributed by atoms with E-state index in [1.165, 1.54) is 31.2 Å². The zero-order valence-corrected chi connectivity index (χ0v) is 13.9. The van der Waals surface area contributed by atoms with Crippen molar-refractivity contribution in [1.82, 2.24) is 0 Å². The Morgan fingerprint density at radius 3 is 2.13 bits per heavy atom. The molecule has 0 aliphatic heterocycles. The minimum atomic E-state index is -0.733. The van der Waals surface area contributed by atoms with Gasteiger partial charge in [0.25, 0.3) is 0 Å². The molecule has 0 nitrogen and oxygen atoms in total. The van der Waals surface area contributed by atoms with Gasteiger partial charge in [-0.3, -0.25) is 0 Å². The Hall–Kier alpha value is -1.70. The highest BCUT2D eigenvalue weighted by molar-refractivity contribution is 5.65. The molecule has 1 fully saturated rings. The molecule has 2 aromatic carbocycles. The summed E-state index contributed by atoms with van der Waals surface area (Å²) in [5.41, 5.74) is 2.85. The van der Waals surface area contributed by atoms with Crippen molar-refractivity contribution in [3.05, 3.63) is 59.2 Å². The third-order valence-electron chi connectivity index (χ3n) is 5.25. The maximum atomic E-state index is 14.3. The van der Waals surface area contributed by atoms with E-state index in [2.05, 4.69) is 19.1 Å². The van der Waals surface area contributed by atoms with Gasteiger partial charge in [-0.15, -0.1) is 0 Å². The first-order valence-corrected chi connectivity index (χ1v) is 8.67. The predicted molar refractivity (Wildman–Crippen MR) is 91.5 cm³/mol. The second-order valence-corrected chi connectivity index (χ2v) is 6.83. The maximum absolute atomic E-state index is 14.3. The molecule has 0 amide bonds. The van der Waals surface area contributed by atoms with Crippen LogP contribution in [0.3, 0.4) is 0 Å². The fourth-order valence-corrected chi connectivity index (χ4v) is 3.61. The molecule has 0 bridgehead atoms. The Bertz CT molecular complexity index is 665. The molecule has 0 atom stereocenters. The van der Waals surface area contributed by atoms with Crippen LogP contribution in [0.1, 0.15) is 56.6 Å². The van der Waals surface area contributed by atoms with E-state index in [0.29, 0.717) is 23.5 Å². The number of aryl methyl sites for hydroxylation is 1. The summed E-state index contributed by atoms with van der Waals surface area (Å²) in [6.45, 7) is 4.15. The standard InChI is InChI=1S/C21H24F2/c1-3-15-12-13-19(21(23)20(15)22)18-10-8-17(9-11-18)16-6-4-14(2)5-7-16/h8-14,16H,3-7H2,1-2H3. The molecule has 0 aromatic heterocycles. The molecule has 2 heteroatoms. The SMILES string of the molecule is CCc1ccc(-c2ccc(C3CCC(C)CC3)cc2)c(F)c1F. The maximum Gasteiger partial charge on any atom is 0.166 e. The minimum Gasteiger partial charge on any atom is -0.203 e. The minimum absolute atomic E-state index is 0.350. The molecule has 0 N–H and O–H groups in total. The topological polar surface area (TPSA) is 0 Å². The average Bonchev–Trinajstić information content (AvgIpc) is 2.58. The van der Waals surface area contributed by atoms with E-state index in [4.69, 9.17) is 0 Å². The van der Waals surface area contributed by atoms with E-state index in [9.17, 15) is 8.78 Å². The molecule has 23 heavy (non-hydrogen) atoms. The summed E-state index contributed by atoms with van der Waals surface area (Å²) in [4.78, 5) is 0. The van der Waals surface area contributed by atoms with Crippen LogP contribution in [-0.2, 0) is 6.42 Å². The van der Waals surface area contributed by atoms with E-state index in [0.717, 1.165) is 11.5 Å². The smallest absolute Gasteiger partial charge is 0.166 e. The first kappa shape index (κ1) is 16.2. The Kier molecular flexibility index (Phi) is 4.79. The lowest BCUT2D eigenvalue weighted by molar-refractivity contribution is 0.348. The highest BCUT2D eigenvalue weighted by Crippen LogP contribution is 2.36. The van der Waals surface area contributed by atoms with Crippen LogP contribution in [0.15, 0.2) is 36.4 Å². The quantitative estimate of drug-likeness (QED) is 0.607. The van der Waals surface area contributed by atoms with Crippen molar-refractivity contribution in [2.24, 2.45) is 5.92 Å². The number of hydrogen-bond acceptors (Lipinski definition) is 0. The Morgan fingerprint density at radius 2 is 1.52 bits per heavy atom. The van der Waals surface area contributed by atoms with Crippen molar-refractivity contribution in [1.29, 1.82) is 0 Å². The van der Waals surface area contributed by atoms with E-state index in [-0.39, 0.29) is 0 Å². The molecule has 0 radical (unpaired) electrons. The van der Waals surface area contributed by atoms with Gasteiger partial charge in [0.15, 0.2) is 11.6 Å². The van der Waals surface area contributed by atoms with Crippen molar-refractivity contribution >= 4 is 0 Å². The third kappa shape index (κ3) is 3.31. The zero-order chi connectivity index (χ0) is 16.4. The summed E-state index contributed by atoms with van der Waals surface area (Å²) in [6.07, 6.45) is 5.53. The summed E-state index contributed by atoms with van der Waals surface area (Å²) in [7, 11) is 0. The van der Waals surface area contributed by atoms with E-state index in [1.807, 2.05) is 19.1 Å². The van der Waals surface area contributed by atoms with Gasteiger partial charge in [-0.2, -0.15) is 0 Å². The van der Waals surface area contributed by atoms with Gasteiger partial charge in [0, 0.05) is 5.56 Å². The van der Waals surface area contributed by atoms with Crippen LogP contribution >= 0.6 is 0 Å². The lowest BCUT2D eigenvalue weighted by Gasteiger charge is -2.26. The Balaban J connectivity index is 1.84. The highest BCUT2D eigenvalue weighted by atomic mass is 19.2. The second-order valence-electron chi connectivity index (χ2n) is 6.83. The normalized spacial score (nSPS) is 21.4. The van der Waals surface area contributed by atoms with Gasteiger partial charge in [-0.05, 0) is 47.8 Å². The van der Waals surface area contributed by atoms with E-state index in [1.54, 1.807) is 12.1 Å². The number of benzene rings is 2. The summed E-state index contributed by atoms with van der Waals surface area (Å²) in [5, 5.41) is 0. The third-order valence-corrected chi connectivity index (χ3v) is 5.25. The van der Waals surface area contributed by atoms with Gasteiger partial charge in [-0.25, -0.2) is 8.78 Å². The number of rotatable bonds is 3. The van der Waals surface area contributed by atoms with Crippen LogP contribution in [-0.4, -0.2) is 0 Å². The zero-order valence-electron chi connectivity index (χ0n) is 13.9. The van der Waals surface area contributed by atoms with Crippen molar-refractivity contribution in [3.8, 4) is 11.1 Å². The molecule has 3 rings (SSSR count). The number of halogens is 2. The lowest BCUT2D eigenvalue weighted by atomic mass is 9.79. The lowest BCUT2D eigenvalue weighted by Crippen LogP contribution is -2.10. The first-order valence-electron chi connectivity index (χ1n) is 8.67. The van der Waals surface area contributed by atoms with Gasteiger partial charge in [-0.1, -0.05) is 63.1 Å². The van der Waals surface area contributed by atoms with Crippen molar-refractivity contribution in [3.63, 3.8) is 0 Å². The van der Waals surface area contributed by atoms with Crippen LogP contribution in [0.2, 0.25) is 0 Å². The highest BCUT2D eigenvalue weighted by Gasteiger charge is 2.20. The fraction of sp³-hybridized carbons (Fsp3) is 0.429. The number of hydrogen-bond donors (Lipinski definition) is 0. The van der Waals surface area contributed by atoms with Crippen molar-refractivity contribution < 1.29 is 8.78 Å². The molecular formula is C21H24F2. The van der Waals surface area contributed by atoms with Gasteiger partial charge < -0.3 is 0 Å². The van der Waals surface area contributed by atoms with E-state index < -0.39 is 11.6 Å². The van der Waals surface area contributed by atoms with Crippen LogP contribution in [0.4, 0.5) is 8.78 Å². The molecule has 1 saturated carbocycles. The van der Waals surface area contributed by atoms with E-state index >= 15 is 0 Å². The molecule has 1 aliphatic carbocycles. The van der Waals surface area contributed by atoms with Gasteiger partial charge >= 0.3 is 0 Å². The second kappa shape index (κ2) is 6.82. The summed E-state index contributed by atoms with van der Waals surface area (Å²) < 4.78 is 28.2. The monoisotopic (exact) mass is 314 g/mol. The van der Waals surface area contributed by atoms with Crippen LogP contribution in [0.25, 0.3) is 11.1 Å². The molecule has 0 heterocycles. The molecule has 122 valence electrons. The van der Waals surface area contributed by atoms with Crippen molar-refractivity contribution in [2.75, 3.05) is 0 Å². The summed E-state index contributed by atoms with van der Waals surface area (Å²) in [6, 6.07) is 11.4. The fourth-order valence-electron chi connectivity index (χ4n) is 3.61. The predicted octanol–water partition coefficient (Wildman–Crippen LogP) is 6.49. The molecular weight excluding hydrogens is 290 g/mol. The molecule has 0 saturated heterocycles. The molecule has 1 aliphatic rings. The van der Waals surface area contributed by atoms with Gasteiger partial charge in [0.05, 0.1) is 0 Å². The van der Waals surface area contributed by atoms with Crippen LogP contribution in [0.5, 0.6) is 0 Å². The summed E-state index contributed by atoms with van der Waals surface area (Å²) in [5.74, 6) is 0.00270. The largest absolute Gasteiger partial charge is 0.203 e. The average molecular weight is 314 g/mol. The first-order chi connectivity index (χ1) is 11.1. The van der Waals surface area contributed by atoms with Gasteiger partial charge in [0.1, 0.15) is 0 Å². The Labute approximate surface area is 137 Å². The molecule has 0 unspecified atom stereocenters. The van der Waals surface area contributed by atoms with Crippen LogP contribution < -0.4 is 0 Å². The Morgan fingerprint density at radius 1 is 0.870 bits per heavy atom. The van der Waals surface area contributed by atoms with Crippen molar-refractivity contribution in [2.45, 2.75) is 51.9 Å². The molecule has 0 spiro atoms. The summed E-state index contributed by atoms with van der Waals surface area (Å²) >= 11 is 0. The van der Waals surface area contributed by atoms with Gasteiger partial charge in [0.2, 0.25) is 0 Å². The van der Waals surface area contributed by atoms with Crippen LogP contribution in [0, 0.1) is 17.6 Å². The molecule has 2 aromatic rings.